The number of nitrogens with one attached hydrogen (secondary N) is 1. The lowest BCUT2D eigenvalue weighted by molar-refractivity contribution is 0.131. The van der Waals surface area contributed by atoms with Crippen LogP contribution in [0.5, 0.6) is 0 Å². The van der Waals surface area contributed by atoms with Gasteiger partial charge in [0, 0.05) is 21.7 Å². The molecule has 0 amide bonds. The summed E-state index contributed by atoms with van der Waals surface area (Å²) in [5, 5.41) is 22.6. The van der Waals surface area contributed by atoms with Crippen LogP contribution in [0.25, 0.3) is 0 Å². The second-order valence-corrected chi connectivity index (χ2v) is 7.07. The first-order chi connectivity index (χ1) is 13.5. The van der Waals surface area contributed by atoms with E-state index in [1.54, 1.807) is 7.05 Å². The third kappa shape index (κ3) is 5.72. The standard InChI is InChI=1S/C20H24ClN3O3S/c1-13-7-5-10-16(18(23-26-3)19(25)22-2)17(13)12-27-24-20(28-4)14-8-6-9-15(21)11-14/h5-11,19,22,25H,12H2,1-4H3/b23-18+,24-20-. The van der Waals surface area contributed by atoms with E-state index in [0.29, 0.717) is 10.7 Å². The molecule has 0 heterocycles. The number of aryl methyl sites for hydroxylation is 1. The molecule has 150 valence electrons. The quantitative estimate of drug-likeness (QED) is 0.293. The first-order valence-electron chi connectivity index (χ1n) is 8.57. The lowest BCUT2D eigenvalue weighted by atomic mass is 9.98. The molecule has 0 saturated carbocycles. The zero-order valence-electron chi connectivity index (χ0n) is 16.3. The molecule has 0 spiro atoms. The van der Waals surface area contributed by atoms with Crippen molar-refractivity contribution >= 4 is 34.1 Å². The molecule has 2 rings (SSSR count). The minimum absolute atomic E-state index is 0.214. The number of nitrogens with zero attached hydrogens (tertiary/aromatic N) is 2. The topological polar surface area (TPSA) is 75.4 Å². The summed E-state index contributed by atoms with van der Waals surface area (Å²) in [5.74, 6) is 0. The Morgan fingerprint density at radius 3 is 2.64 bits per heavy atom. The Morgan fingerprint density at radius 1 is 1.25 bits per heavy atom. The zero-order chi connectivity index (χ0) is 20.5. The molecule has 0 aliphatic rings. The predicted molar refractivity (Wildman–Crippen MR) is 116 cm³/mol. The van der Waals surface area contributed by atoms with Crippen LogP contribution in [0.1, 0.15) is 22.3 Å². The van der Waals surface area contributed by atoms with E-state index in [4.69, 9.17) is 21.3 Å². The summed E-state index contributed by atoms with van der Waals surface area (Å²) in [7, 11) is 3.08. The van der Waals surface area contributed by atoms with Gasteiger partial charge >= 0.3 is 0 Å². The summed E-state index contributed by atoms with van der Waals surface area (Å²) in [6, 6.07) is 13.2. The maximum absolute atomic E-state index is 10.2. The van der Waals surface area contributed by atoms with Gasteiger partial charge in [-0.3, -0.25) is 5.32 Å². The Hall–Kier alpha value is -2.06. The highest BCUT2D eigenvalue weighted by atomic mass is 35.5. The van der Waals surface area contributed by atoms with Gasteiger partial charge in [0.2, 0.25) is 0 Å². The Bertz CT molecular complexity index is 858. The number of thioether (sulfide) groups is 1. The number of benzene rings is 2. The molecule has 0 fully saturated rings. The van der Waals surface area contributed by atoms with Gasteiger partial charge in [0.1, 0.15) is 24.5 Å². The molecule has 8 heteroatoms. The average molecular weight is 422 g/mol. The van der Waals surface area contributed by atoms with E-state index < -0.39 is 6.23 Å². The number of rotatable bonds is 8. The molecule has 2 aromatic rings. The fourth-order valence-electron chi connectivity index (χ4n) is 2.60. The Balaban J connectivity index is 2.30. The lowest BCUT2D eigenvalue weighted by Gasteiger charge is -2.17. The van der Waals surface area contributed by atoms with Crippen molar-refractivity contribution in [1.29, 1.82) is 0 Å². The Labute approximate surface area is 174 Å². The van der Waals surface area contributed by atoms with Gasteiger partial charge in [-0.15, -0.1) is 11.8 Å². The lowest BCUT2D eigenvalue weighted by Crippen LogP contribution is -2.35. The molecular formula is C20H24ClN3O3S. The summed E-state index contributed by atoms with van der Waals surface area (Å²) in [5.41, 5.74) is 3.84. The van der Waals surface area contributed by atoms with Gasteiger partial charge in [-0.25, -0.2) is 0 Å². The van der Waals surface area contributed by atoms with Crippen molar-refractivity contribution in [2.45, 2.75) is 19.8 Å². The van der Waals surface area contributed by atoms with Gasteiger partial charge in [0.15, 0.2) is 6.23 Å². The number of likely N-dealkylation sites (N-methyl/N-ethyl adjacent to an activating group) is 1. The van der Waals surface area contributed by atoms with E-state index in [2.05, 4.69) is 15.6 Å². The molecule has 0 aliphatic carbocycles. The van der Waals surface area contributed by atoms with Crippen LogP contribution in [0, 0.1) is 6.92 Å². The average Bonchev–Trinajstić information content (AvgIpc) is 2.70. The molecule has 0 radical (unpaired) electrons. The monoisotopic (exact) mass is 421 g/mol. The maximum atomic E-state index is 10.2. The molecule has 0 aliphatic heterocycles. The van der Waals surface area contributed by atoms with Crippen LogP contribution in [0.4, 0.5) is 0 Å². The summed E-state index contributed by atoms with van der Waals surface area (Å²) >= 11 is 7.54. The molecule has 2 aromatic carbocycles. The summed E-state index contributed by atoms with van der Waals surface area (Å²) < 4.78 is 0. The molecule has 0 saturated heterocycles. The van der Waals surface area contributed by atoms with Gasteiger partial charge in [-0.1, -0.05) is 52.2 Å². The Kier molecular flexibility index (Phi) is 8.79. The number of halogens is 1. The molecule has 2 N–H and O–H groups in total. The second kappa shape index (κ2) is 11.1. The van der Waals surface area contributed by atoms with Crippen LogP contribution in [0.2, 0.25) is 5.02 Å². The highest BCUT2D eigenvalue weighted by Gasteiger charge is 2.19. The smallest absolute Gasteiger partial charge is 0.151 e. The third-order valence-electron chi connectivity index (χ3n) is 4.03. The SMILES string of the molecule is CNC(O)/C(=N/OC)c1cccc(C)c1CO/N=C(\SC)c1cccc(Cl)c1. The van der Waals surface area contributed by atoms with Crippen LogP contribution in [0.3, 0.4) is 0 Å². The van der Waals surface area contributed by atoms with Crippen molar-refractivity contribution in [2.24, 2.45) is 10.3 Å². The van der Waals surface area contributed by atoms with Gasteiger partial charge in [-0.2, -0.15) is 0 Å². The molecule has 1 atom stereocenters. The van der Waals surface area contributed by atoms with Crippen LogP contribution in [-0.2, 0) is 16.3 Å². The fraction of sp³-hybridized carbons (Fsp3) is 0.300. The molecule has 6 nitrogen and oxygen atoms in total. The van der Waals surface area contributed by atoms with E-state index in [1.165, 1.54) is 18.9 Å². The number of hydrogen-bond acceptors (Lipinski definition) is 7. The van der Waals surface area contributed by atoms with Crippen molar-refractivity contribution in [2.75, 3.05) is 20.4 Å². The summed E-state index contributed by atoms with van der Waals surface area (Å²) in [6.07, 6.45) is 0.951. The minimum atomic E-state index is -0.975. The van der Waals surface area contributed by atoms with Crippen LogP contribution in [-0.4, -0.2) is 42.5 Å². The normalized spacial score (nSPS) is 13.4. The van der Waals surface area contributed by atoms with Crippen molar-refractivity contribution in [1.82, 2.24) is 5.32 Å². The van der Waals surface area contributed by atoms with Gasteiger partial charge in [-0.05, 0) is 37.9 Å². The maximum Gasteiger partial charge on any atom is 0.151 e. The highest BCUT2D eigenvalue weighted by molar-refractivity contribution is 8.13. The third-order valence-corrected chi connectivity index (χ3v) is 4.96. The number of hydrogen-bond donors (Lipinski definition) is 2. The number of oxime groups is 2. The van der Waals surface area contributed by atoms with Crippen LogP contribution in [0.15, 0.2) is 52.8 Å². The predicted octanol–water partition coefficient (Wildman–Crippen LogP) is 3.78. The van der Waals surface area contributed by atoms with E-state index in [9.17, 15) is 5.11 Å². The fourth-order valence-corrected chi connectivity index (χ4v) is 3.28. The van der Waals surface area contributed by atoms with Crippen molar-refractivity contribution in [3.8, 4) is 0 Å². The summed E-state index contributed by atoms with van der Waals surface area (Å²) in [4.78, 5) is 10.6. The first kappa shape index (κ1) is 22.2. The molecule has 1 unspecified atom stereocenters. The van der Waals surface area contributed by atoms with E-state index in [-0.39, 0.29) is 6.61 Å². The largest absolute Gasteiger partial charge is 0.399 e. The van der Waals surface area contributed by atoms with E-state index in [0.717, 1.165) is 27.3 Å². The zero-order valence-corrected chi connectivity index (χ0v) is 17.8. The summed E-state index contributed by atoms with van der Waals surface area (Å²) in [6.45, 7) is 2.18. The van der Waals surface area contributed by atoms with Crippen molar-refractivity contribution in [3.05, 3.63) is 69.7 Å². The van der Waals surface area contributed by atoms with Crippen LogP contribution < -0.4 is 5.32 Å². The van der Waals surface area contributed by atoms with Crippen LogP contribution >= 0.6 is 23.4 Å². The Morgan fingerprint density at radius 2 is 2.00 bits per heavy atom. The van der Waals surface area contributed by atoms with Crippen molar-refractivity contribution in [3.63, 3.8) is 0 Å². The van der Waals surface area contributed by atoms with E-state index >= 15 is 0 Å². The molecule has 0 bridgehead atoms. The van der Waals surface area contributed by atoms with Gasteiger partial charge < -0.3 is 14.8 Å². The molecular weight excluding hydrogens is 398 g/mol. The highest BCUT2D eigenvalue weighted by Crippen LogP contribution is 2.20. The number of aliphatic hydroxyl groups is 1. The molecule has 0 aromatic heterocycles. The van der Waals surface area contributed by atoms with Gasteiger partial charge in [0.25, 0.3) is 0 Å². The number of aliphatic hydroxyl groups excluding tert-OH is 1. The van der Waals surface area contributed by atoms with E-state index in [1.807, 2.05) is 55.6 Å². The first-order valence-corrected chi connectivity index (χ1v) is 10.2. The van der Waals surface area contributed by atoms with Gasteiger partial charge in [0.05, 0.1) is 0 Å². The minimum Gasteiger partial charge on any atom is -0.399 e. The second-order valence-electron chi connectivity index (χ2n) is 5.84. The van der Waals surface area contributed by atoms with Crippen molar-refractivity contribution < 1.29 is 14.8 Å². The molecule has 28 heavy (non-hydrogen) atoms.